The predicted octanol–water partition coefficient (Wildman–Crippen LogP) is 3.11. The molecular formula is C16H15N3. The average molecular weight is 249 g/mol. The normalized spacial score (nSPS) is 10.8. The van der Waals surface area contributed by atoms with E-state index in [1.165, 1.54) is 11.1 Å². The zero-order valence-corrected chi connectivity index (χ0v) is 10.8. The Morgan fingerprint density at radius 2 is 1.89 bits per heavy atom. The van der Waals surface area contributed by atoms with Gasteiger partial charge in [-0.15, -0.1) is 0 Å². The molecule has 3 aromatic rings. The number of fused-ring (bicyclic) bond motifs is 1. The third kappa shape index (κ3) is 2.27. The number of rotatable bonds is 2. The van der Waals surface area contributed by atoms with Crippen molar-refractivity contribution >= 4 is 16.7 Å². The van der Waals surface area contributed by atoms with Crippen molar-refractivity contribution in [1.29, 1.82) is 0 Å². The molecule has 0 aliphatic heterocycles. The Morgan fingerprint density at radius 3 is 2.68 bits per heavy atom. The van der Waals surface area contributed by atoms with E-state index < -0.39 is 0 Å². The monoisotopic (exact) mass is 249 g/mol. The summed E-state index contributed by atoms with van der Waals surface area (Å²) in [7, 11) is 0. The SMILES string of the molecule is Cc1nc2c(N)nccc2cc1Cc1ccccc1. The molecule has 0 bridgehead atoms. The number of nitrogens with zero attached hydrogens (tertiary/aromatic N) is 2. The zero-order chi connectivity index (χ0) is 13.2. The van der Waals surface area contributed by atoms with Crippen LogP contribution in [0.1, 0.15) is 16.8 Å². The van der Waals surface area contributed by atoms with E-state index in [0.29, 0.717) is 5.82 Å². The summed E-state index contributed by atoms with van der Waals surface area (Å²) in [5.41, 5.74) is 10.2. The minimum Gasteiger partial charge on any atom is -0.382 e. The fourth-order valence-corrected chi connectivity index (χ4v) is 2.25. The van der Waals surface area contributed by atoms with Crippen LogP contribution in [0.3, 0.4) is 0 Å². The quantitative estimate of drug-likeness (QED) is 0.759. The predicted molar refractivity (Wildman–Crippen MR) is 77.9 cm³/mol. The van der Waals surface area contributed by atoms with Gasteiger partial charge in [0.25, 0.3) is 0 Å². The van der Waals surface area contributed by atoms with Gasteiger partial charge in [-0.3, -0.25) is 0 Å². The molecule has 0 aliphatic carbocycles. The number of nitrogens with two attached hydrogens (primary N) is 1. The first-order chi connectivity index (χ1) is 9.24. The zero-order valence-electron chi connectivity index (χ0n) is 10.8. The van der Waals surface area contributed by atoms with Crippen LogP contribution in [0.4, 0.5) is 5.82 Å². The molecule has 19 heavy (non-hydrogen) atoms. The Kier molecular flexibility index (Phi) is 2.88. The van der Waals surface area contributed by atoms with Gasteiger partial charge in [0.2, 0.25) is 0 Å². The lowest BCUT2D eigenvalue weighted by molar-refractivity contribution is 1.10. The van der Waals surface area contributed by atoms with Crippen molar-refractivity contribution in [2.45, 2.75) is 13.3 Å². The van der Waals surface area contributed by atoms with Crippen LogP contribution in [0.15, 0.2) is 48.7 Å². The van der Waals surface area contributed by atoms with Gasteiger partial charge < -0.3 is 5.73 Å². The molecule has 2 N–H and O–H groups in total. The number of anilines is 1. The van der Waals surface area contributed by atoms with E-state index in [0.717, 1.165) is 23.0 Å². The Morgan fingerprint density at radius 1 is 1.11 bits per heavy atom. The molecule has 0 fully saturated rings. The molecule has 2 heterocycles. The standard InChI is InChI=1S/C16H15N3/c1-11-14(9-12-5-3-2-4-6-12)10-13-7-8-18-16(17)15(13)19-11/h2-8,10H,9H2,1H3,(H2,17,18). The Balaban J connectivity index is 2.07. The average Bonchev–Trinajstić information content (AvgIpc) is 2.42. The third-order valence-corrected chi connectivity index (χ3v) is 3.30. The molecule has 0 radical (unpaired) electrons. The highest BCUT2D eigenvalue weighted by Crippen LogP contribution is 2.21. The summed E-state index contributed by atoms with van der Waals surface area (Å²) >= 11 is 0. The first-order valence-corrected chi connectivity index (χ1v) is 6.28. The summed E-state index contributed by atoms with van der Waals surface area (Å²) in [6.07, 6.45) is 2.61. The van der Waals surface area contributed by atoms with Crippen molar-refractivity contribution in [3.05, 3.63) is 65.5 Å². The number of hydrogen-bond acceptors (Lipinski definition) is 3. The van der Waals surface area contributed by atoms with Gasteiger partial charge in [-0.25, -0.2) is 9.97 Å². The molecule has 1 aromatic carbocycles. The van der Waals surface area contributed by atoms with Gasteiger partial charge in [-0.2, -0.15) is 0 Å². The third-order valence-electron chi connectivity index (χ3n) is 3.30. The molecule has 0 atom stereocenters. The molecule has 0 amide bonds. The van der Waals surface area contributed by atoms with Gasteiger partial charge >= 0.3 is 0 Å². The van der Waals surface area contributed by atoms with Crippen LogP contribution in [0.25, 0.3) is 10.9 Å². The highest BCUT2D eigenvalue weighted by molar-refractivity contribution is 5.87. The minimum absolute atomic E-state index is 0.492. The summed E-state index contributed by atoms with van der Waals surface area (Å²) < 4.78 is 0. The van der Waals surface area contributed by atoms with Gasteiger partial charge in [0.05, 0.1) is 0 Å². The summed E-state index contributed by atoms with van der Waals surface area (Å²) in [6.45, 7) is 2.02. The lowest BCUT2D eigenvalue weighted by atomic mass is 10.0. The smallest absolute Gasteiger partial charge is 0.149 e. The Hall–Kier alpha value is -2.42. The van der Waals surface area contributed by atoms with Gasteiger partial charge in [-0.05, 0) is 36.6 Å². The molecule has 0 saturated heterocycles. The largest absolute Gasteiger partial charge is 0.382 e. The minimum atomic E-state index is 0.492. The van der Waals surface area contributed by atoms with Gasteiger partial charge in [-0.1, -0.05) is 30.3 Å². The second-order valence-electron chi connectivity index (χ2n) is 4.66. The second kappa shape index (κ2) is 4.69. The van der Waals surface area contributed by atoms with Crippen molar-refractivity contribution in [3.8, 4) is 0 Å². The van der Waals surface area contributed by atoms with Crippen LogP contribution < -0.4 is 5.73 Å². The van der Waals surface area contributed by atoms with Crippen molar-refractivity contribution < 1.29 is 0 Å². The fourth-order valence-electron chi connectivity index (χ4n) is 2.25. The van der Waals surface area contributed by atoms with Crippen LogP contribution in [-0.2, 0) is 6.42 Å². The number of nitrogen functional groups attached to an aromatic ring is 1. The lowest BCUT2D eigenvalue weighted by Gasteiger charge is -2.08. The number of benzene rings is 1. The molecule has 0 aliphatic rings. The van der Waals surface area contributed by atoms with Crippen molar-refractivity contribution in [1.82, 2.24) is 9.97 Å². The van der Waals surface area contributed by atoms with Gasteiger partial charge in [0.1, 0.15) is 11.3 Å². The van der Waals surface area contributed by atoms with E-state index >= 15 is 0 Å². The van der Waals surface area contributed by atoms with Crippen LogP contribution in [0.5, 0.6) is 0 Å². The topological polar surface area (TPSA) is 51.8 Å². The summed E-state index contributed by atoms with van der Waals surface area (Å²) in [6, 6.07) is 14.5. The number of aryl methyl sites for hydroxylation is 1. The maximum absolute atomic E-state index is 5.85. The summed E-state index contributed by atoms with van der Waals surface area (Å²) in [4.78, 5) is 8.66. The number of pyridine rings is 2. The van der Waals surface area contributed by atoms with E-state index in [9.17, 15) is 0 Å². The van der Waals surface area contributed by atoms with E-state index in [-0.39, 0.29) is 0 Å². The molecule has 3 nitrogen and oxygen atoms in total. The number of aromatic nitrogens is 2. The highest BCUT2D eigenvalue weighted by atomic mass is 14.9. The summed E-state index contributed by atoms with van der Waals surface area (Å²) in [5.74, 6) is 0.492. The number of hydrogen-bond donors (Lipinski definition) is 1. The maximum Gasteiger partial charge on any atom is 0.149 e. The first-order valence-electron chi connectivity index (χ1n) is 6.28. The van der Waals surface area contributed by atoms with Crippen molar-refractivity contribution in [2.24, 2.45) is 0 Å². The molecule has 0 saturated carbocycles. The summed E-state index contributed by atoms with van der Waals surface area (Å²) in [5, 5.41) is 1.05. The van der Waals surface area contributed by atoms with Crippen LogP contribution in [0, 0.1) is 6.92 Å². The fraction of sp³-hybridized carbons (Fsp3) is 0.125. The lowest BCUT2D eigenvalue weighted by Crippen LogP contribution is -1.99. The molecule has 3 heteroatoms. The van der Waals surface area contributed by atoms with Crippen LogP contribution >= 0.6 is 0 Å². The molecule has 2 aromatic heterocycles. The molecular weight excluding hydrogens is 234 g/mol. The van der Waals surface area contributed by atoms with Gasteiger partial charge in [0.15, 0.2) is 0 Å². The first kappa shape index (κ1) is 11.7. The molecule has 0 unspecified atom stereocenters. The van der Waals surface area contributed by atoms with Gasteiger partial charge in [0, 0.05) is 17.3 Å². The maximum atomic E-state index is 5.85. The van der Waals surface area contributed by atoms with E-state index in [4.69, 9.17) is 5.73 Å². The second-order valence-corrected chi connectivity index (χ2v) is 4.66. The van der Waals surface area contributed by atoms with Crippen LogP contribution in [-0.4, -0.2) is 9.97 Å². The molecule has 0 spiro atoms. The van der Waals surface area contributed by atoms with Crippen molar-refractivity contribution in [2.75, 3.05) is 5.73 Å². The van der Waals surface area contributed by atoms with Crippen molar-refractivity contribution in [3.63, 3.8) is 0 Å². The van der Waals surface area contributed by atoms with E-state index in [1.54, 1.807) is 6.20 Å². The van der Waals surface area contributed by atoms with Crippen LogP contribution in [0.2, 0.25) is 0 Å². The molecule has 3 rings (SSSR count). The molecule has 94 valence electrons. The Labute approximate surface area is 112 Å². The highest BCUT2D eigenvalue weighted by Gasteiger charge is 2.06. The van der Waals surface area contributed by atoms with E-state index in [1.807, 2.05) is 19.1 Å². The Bertz CT molecular complexity index is 721. The van der Waals surface area contributed by atoms with E-state index in [2.05, 4.69) is 40.3 Å².